The molecule has 0 saturated carbocycles. The van der Waals surface area contributed by atoms with Crippen molar-refractivity contribution in [2.24, 2.45) is 0 Å². The SMILES string of the molecule is COC(=O)CN(C)c1ccc(C#N)cc1Br. The van der Waals surface area contributed by atoms with Gasteiger partial charge < -0.3 is 9.64 Å². The number of halogens is 1. The zero-order chi connectivity index (χ0) is 12.1. The molecule has 0 N–H and O–H groups in total. The molecule has 0 bridgehead atoms. The van der Waals surface area contributed by atoms with Crippen molar-refractivity contribution in [1.82, 2.24) is 0 Å². The first-order valence-electron chi connectivity index (χ1n) is 4.56. The predicted octanol–water partition coefficient (Wildman–Crippen LogP) is 1.93. The lowest BCUT2D eigenvalue weighted by molar-refractivity contribution is -0.138. The summed E-state index contributed by atoms with van der Waals surface area (Å²) in [4.78, 5) is 12.8. The van der Waals surface area contributed by atoms with Gasteiger partial charge >= 0.3 is 5.97 Å². The van der Waals surface area contributed by atoms with Crippen molar-refractivity contribution in [1.29, 1.82) is 5.26 Å². The quantitative estimate of drug-likeness (QED) is 0.795. The number of carbonyl (C=O) groups is 1. The average Bonchev–Trinajstić information content (AvgIpc) is 2.28. The van der Waals surface area contributed by atoms with E-state index in [2.05, 4.69) is 20.7 Å². The number of nitriles is 1. The number of carbonyl (C=O) groups excluding carboxylic acids is 1. The van der Waals surface area contributed by atoms with Crippen molar-refractivity contribution in [3.8, 4) is 6.07 Å². The molecule has 84 valence electrons. The standard InChI is InChI=1S/C11H11BrN2O2/c1-14(7-11(15)16-2)10-4-3-8(6-13)5-9(10)12/h3-5H,7H2,1-2H3. The zero-order valence-corrected chi connectivity index (χ0v) is 10.6. The summed E-state index contributed by atoms with van der Waals surface area (Å²) in [7, 11) is 3.13. The Morgan fingerprint density at radius 2 is 2.31 bits per heavy atom. The molecule has 0 aromatic heterocycles. The van der Waals surface area contributed by atoms with Gasteiger partial charge in [0.25, 0.3) is 0 Å². The molecule has 1 aromatic rings. The molecule has 1 rings (SSSR count). The maximum absolute atomic E-state index is 11.1. The van der Waals surface area contributed by atoms with Gasteiger partial charge in [-0.25, -0.2) is 0 Å². The van der Waals surface area contributed by atoms with Crippen LogP contribution in [0, 0.1) is 11.3 Å². The summed E-state index contributed by atoms with van der Waals surface area (Å²) in [6.07, 6.45) is 0. The van der Waals surface area contributed by atoms with Crippen LogP contribution in [0.3, 0.4) is 0 Å². The first-order valence-corrected chi connectivity index (χ1v) is 5.35. The van der Waals surface area contributed by atoms with Crippen LogP contribution >= 0.6 is 15.9 Å². The molecule has 0 heterocycles. The Labute approximate surface area is 103 Å². The fourth-order valence-corrected chi connectivity index (χ4v) is 1.91. The Morgan fingerprint density at radius 3 is 2.81 bits per heavy atom. The lowest BCUT2D eigenvalue weighted by Crippen LogP contribution is -2.26. The Kier molecular flexibility index (Phi) is 4.32. The van der Waals surface area contributed by atoms with E-state index in [0.717, 1.165) is 10.2 Å². The molecule has 5 heteroatoms. The highest BCUT2D eigenvalue weighted by Crippen LogP contribution is 2.26. The van der Waals surface area contributed by atoms with E-state index in [-0.39, 0.29) is 12.5 Å². The molecule has 16 heavy (non-hydrogen) atoms. The molecule has 0 aliphatic carbocycles. The van der Waals surface area contributed by atoms with Crippen molar-refractivity contribution >= 4 is 27.6 Å². The zero-order valence-electron chi connectivity index (χ0n) is 9.03. The van der Waals surface area contributed by atoms with Crippen LogP contribution in [0.15, 0.2) is 22.7 Å². The van der Waals surface area contributed by atoms with Gasteiger partial charge in [0.2, 0.25) is 0 Å². The van der Waals surface area contributed by atoms with Gasteiger partial charge in [0.15, 0.2) is 0 Å². The van der Waals surface area contributed by atoms with E-state index in [1.807, 2.05) is 6.07 Å². The minimum absolute atomic E-state index is 0.168. The molecule has 0 aliphatic heterocycles. The topological polar surface area (TPSA) is 53.3 Å². The number of rotatable bonds is 3. The second-order valence-electron chi connectivity index (χ2n) is 3.21. The van der Waals surface area contributed by atoms with Crippen LogP contribution in [0.2, 0.25) is 0 Å². The monoisotopic (exact) mass is 282 g/mol. The van der Waals surface area contributed by atoms with Crippen LogP contribution in [-0.4, -0.2) is 26.7 Å². The van der Waals surface area contributed by atoms with Crippen molar-refractivity contribution in [3.05, 3.63) is 28.2 Å². The number of nitrogens with zero attached hydrogens (tertiary/aromatic N) is 2. The van der Waals surface area contributed by atoms with E-state index in [0.29, 0.717) is 5.56 Å². The number of hydrogen-bond acceptors (Lipinski definition) is 4. The molecule has 0 fully saturated rings. The predicted molar refractivity (Wildman–Crippen MR) is 64.1 cm³/mol. The van der Waals surface area contributed by atoms with E-state index in [4.69, 9.17) is 5.26 Å². The molecular formula is C11H11BrN2O2. The fourth-order valence-electron chi connectivity index (χ4n) is 1.23. The van der Waals surface area contributed by atoms with Crippen LogP contribution in [0.4, 0.5) is 5.69 Å². The third-order valence-electron chi connectivity index (χ3n) is 2.08. The molecule has 4 nitrogen and oxygen atoms in total. The number of methoxy groups -OCH3 is 1. The number of anilines is 1. The van der Waals surface area contributed by atoms with Crippen LogP contribution < -0.4 is 4.90 Å². The molecule has 0 unspecified atom stereocenters. The van der Waals surface area contributed by atoms with Crippen molar-refractivity contribution in [2.75, 3.05) is 25.6 Å². The van der Waals surface area contributed by atoms with Gasteiger partial charge in [0.05, 0.1) is 24.4 Å². The van der Waals surface area contributed by atoms with E-state index >= 15 is 0 Å². The van der Waals surface area contributed by atoms with Crippen molar-refractivity contribution in [2.45, 2.75) is 0 Å². The van der Waals surface area contributed by atoms with Gasteiger partial charge in [-0.3, -0.25) is 4.79 Å². The normalized spacial score (nSPS) is 9.38. The highest BCUT2D eigenvalue weighted by Gasteiger charge is 2.10. The molecule has 0 amide bonds. The second-order valence-corrected chi connectivity index (χ2v) is 4.06. The second kappa shape index (κ2) is 5.52. The largest absolute Gasteiger partial charge is 0.468 e. The van der Waals surface area contributed by atoms with E-state index in [1.165, 1.54) is 7.11 Å². The Morgan fingerprint density at radius 1 is 1.62 bits per heavy atom. The third kappa shape index (κ3) is 2.97. The smallest absolute Gasteiger partial charge is 0.325 e. The van der Waals surface area contributed by atoms with Gasteiger partial charge in [0.1, 0.15) is 6.54 Å². The number of ether oxygens (including phenoxy) is 1. The number of likely N-dealkylation sites (N-methyl/N-ethyl adjacent to an activating group) is 1. The van der Waals surface area contributed by atoms with Crippen LogP contribution in [0.1, 0.15) is 5.56 Å². The number of esters is 1. The minimum atomic E-state index is -0.307. The minimum Gasteiger partial charge on any atom is -0.468 e. The van der Waals surface area contributed by atoms with Crippen LogP contribution in [0.5, 0.6) is 0 Å². The fraction of sp³-hybridized carbons (Fsp3) is 0.273. The third-order valence-corrected chi connectivity index (χ3v) is 2.72. The first kappa shape index (κ1) is 12.5. The van der Waals surface area contributed by atoms with Gasteiger partial charge in [-0.2, -0.15) is 5.26 Å². The molecule has 0 radical (unpaired) electrons. The maximum Gasteiger partial charge on any atom is 0.325 e. The van der Waals surface area contributed by atoms with Gasteiger partial charge in [0, 0.05) is 11.5 Å². The van der Waals surface area contributed by atoms with Crippen molar-refractivity contribution in [3.63, 3.8) is 0 Å². The molecule has 1 aromatic carbocycles. The van der Waals surface area contributed by atoms with Crippen molar-refractivity contribution < 1.29 is 9.53 Å². The summed E-state index contributed by atoms with van der Waals surface area (Å²) >= 11 is 3.36. The highest BCUT2D eigenvalue weighted by atomic mass is 79.9. The number of benzene rings is 1. The lowest BCUT2D eigenvalue weighted by atomic mass is 10.2. The van der Waals surface area contributed by atoms with E-state index in [1.54, 1.807) is 30.1 Å². The summed E-state index contributed by atoms with van der Waals surface area (Å²) in [5.41, 5.74) is 1.41. The maximum atomic E-state index is 11.1. The van der Waals surface area contributed by atoms with Gasteiger partial charge in [-0.15, -0.1) is 0 Å². The first-order chi connectivity index (χ1) is 7.58. The van der Waals surface area contributed by atoms with E-state index in [9.17, 15) is 4.79 Å². The van der Waals surface area contributed by atoms with Crippen LogP contribution in [0.25, 0.3) is 0 Å². The molecule has 0 atom stereocenters. The van der Waals surface area contributed by atoms with E-state index < -0.39 is 0 Å². The van der Waals surface area contributed by atoms with Gasteiger partial charge in [-0.05, 0) is 34.1 Å². The number of hydrogen-bond donors (Lipinski definition) is 0. The molecule has 0 aliphatic rings. The summed E-state index contributed by atoms with van der Waals surface area (Å²) in [6, 6.07) is 7.24. The average molecular weight is 283 g/mol. The highest BCUT2D eigenvalue weighted by molar-refractivity contribution is 9.10. The van der Waals surface area contributed by atoms with Gasteiger partial charge in [-0.1, -0.05) is 0 Å². The molecule has 0 spiro atoms. The summed E-state index contributed by atoms with van der Waals surface area (Å²) < 4.78 is 5.35. The summed E-state index contributed by atoms with van der Waals surface area (Å²) in [6.45, 7) is 0.168. The Bertz CT molecular complexity index is 440. The van der Waals surface area contributed by atoms with Crippen LogP contribution in [-0.2, 0) is 9.53 Å². The Hall–Kier alpha value is -1.54. The molecule has 0 saturated heterocycles. The summed E-state index contributed by atoms with van der Waals surface area (Å²) in [5, 5.41) is 8.72. The Balaban J connectivity index is 2.88. The molecular weight excluding hydrogens is 272 g/mol. The lowest BCUT2D eigenvalue weighted by Gasteiger charge is -2.19. The summed E-state index contributed by atoms with van der Waals surface area (Å²) in [5.74, 6) is -0.307.